The molecular formula is C17H14N4. The third-order valence-electron chi connectivity index (χ3n) is 3.47. The molecule has 0 unspecified atom stereocenters. The Morgan fingerprint density at radius 2 is 2.10 bits per heavy atom. The van der Waals surface area contributed by atoms with E-state index < -0.39 is 0 Å². The number of aryl methyl sites for hydroxylation is 2. The Hall–Kier alpha value is -2.93. The summed E-state index contributed by atoms with van der Waals surface area (Å²) in [5.41, 5.74) is 5.58. The molecule has 0 spiro atoms. The molecule has 4 nitrogen and oxygen atoms in total. The summed E-state index contributed by atoms with van der Waals surface area (Å²) in [5, 5.41) is 9.38. The number of hydrogen-bond acceptors (Lipinski definition) is 3. The van der Waals surface area contributed by atoms with Crippen LogP contribution in [0.15, 0.2) is 36.7 Å². The number of nitrogens with one attached hydrogen (secondary N) is 1. The van der Waals surface area contributed by atoms with Gasteiger partial charge in [-0.1, -0.05) is 6.07 Å². The number of rotatable bonds is 2. The van der Waals surface area contributed by atoms with Gasteiger partial charge in [0.2, 0.25) is 0 Å². The number of allylic oxidation sites excluding steroid dienone is 1. The van der Waals surface area contributed by atoms with Crippen molar-refractivity contribution < 1.29 is 0 Å². The minimum atomic E-state index is 0.495. The van der Waals surface area contributed by atoms with E-state index in [9.17, 15) is 5.26 Å². The first-order valence-electron chi connectivity index (χ1n) is 6.66. The van der Waals surface area contributed by atoms with Crippen LogP contribution in [0.4, 0.5) is 0 Å². The molecule has 21 heavy (non-hydrogen) atoms. The predicted octanol–water partition coefficient (Wildman–Crippen LogP) is 3.64. The maximum atomic E-state index is 9.38. The van der Waals surface area contributed by atoms with Crippen LogP contribution in [0, 0.1) is 25.2 Å². The second kappa shape index (κ2) is 5.22. The van der Waals surface area contributed by atoms with Crippen LogP contribution >= 0.6 is 0 Å². The lowest BCUT2D eigenvalue weighted by molar-refractivity contribution is 1.27. The van der Waals surface area contributed by atoms with Gasteiger partial charge in [-0.15, -0.1) is 0 Å². The molecule has 3 aromatic rings. The fourth-order valence-corrected chi connectivity index (χ4v) is 2.18. The molecule has 0 fully saturated rings. The number of fused-ring (bicyclic) bond motifs is 1. The van der Waals surface area contributed by atoms with E-state index in [1.54, 1.807) is 18.5 Å². The van der Waals surface area contributed by atoms with Crippen LogP contribution in [0.1, 0.15) is 22.5 Å². The second-order valence-electron chi connectivity index (χ2n) is 5.00. The Morgan fingerprint density at radius 1 is 1.29 bits per heavy atom. The van der Waals surface area contributed by atoms with Crippen molar-refractivity contribution in [2.24, 2.45) is 0 Å². The number of imidazole rings is 1. The van der Waals surface area contributed by atoms with Crippen molar-refractivity contribution in [2.45, 2.75) is 13.8 Å². The molecule has 3 rings (SSSR count). The molecule has 0 bridgehead atoms. The van der Waals surface area contributed by atoms with E-state index in [4.69, 9.17) is 0 Å². The normalized spacial score (nSPS) is 11.6. The van der Waals surface area contributed by atoms with Crippen LogP contribution < -0.4 is 0 Å². The average Bonchev–Trinajstić information content (AvgIpc) is 2.89. The number of nitrogens with zero attached hydrogens (tertiary/aromatic N) is 3. The molecule has 4 heteroatoms. The highest BCUT2D eigenvalue weighted by Gasteiger charge is 2.09. The quantitative estimate of drug-likeness (QED) is 0.725. The maximum Gasteiger partial charge on any atom is 0.149 e. The molecule has 0 aliphatic carbocycles. The van der Waals surface area contributed by atoms with Gasteiger partial charge in [0.05, 0.1) is 16.6 Å². The number of nitriles is 1. The van der Waals surface area contributed by atoms with E-state index in [1.807, 2.05) is 18.2 Å². The van der Waals surface area contributed by atoms with Crippen LogP contribution in [-0.4, -0.2) is 15.0 Å². The van der Waals surface area contributed by atoms with Crippen molar-refractivity contribution in [1.29, 1.82) is 5.26 Å². The van der Waals surface area contributed by atoms with Gasteiger partial charge in [0.15, 0.2) is 0 Å². The van der Waals surface area contributed by atoms with Gasteiger partial charge in [-0.2, -0.15) is 5.26 Å². The number of pyridine rings is 1. The van der Waals surface area contributed by atoms with Gasteiger partial charge < -0.3 is 4.98 Å². The van der Waals surface area contributed by atoms with Crippen LogP contribution in [0.3, 0.4) is 0 Å². The zero-order valence-corrected chi connectivity index (χ0v) is 11.9. The number of hydrogen-bond donors (Lipinski definition) is 1. The highest BCUT2D eigenvalue weighted by atomic mass is 14.9. The third-order valence-corrected chi connectivity index (χ3v) is 3.47. The Balaban J connectivity index is 2.10. The first-order chi connectivity index (χ1) is 10.2. The molecule has 0 radical (unpaired) electrons. The van der Waals surface area contributed by atoms with Crippen LogP contribution in [0.2, 0.25) is 0 Å². The average molecular weight is 274 g/mol. The van der Waals surface area contributed by atoms with E-state index in [1.165, 1.54) is 11.1 Å². The number of aromatic amines is 1. The predicted molar refractivity (Wildman–Crippen MR) is 83.3 cm³/mol. The van der Waals surface area contributed by atoms with Crippen molar-refractivity contribution in [3.05, 3.63) is 59.2 Å². The van der Waals surface area contributed by atoms with E-state index in [0.29, 0.717) is 11.4 Å². The monoisotopic (exact) mass is 274 g/mol. The van der Waals surface area contributed by atoms with Crippen LogP contribution in [0.25, 0.3) is 22.7 Å². The Bertz CT molecular complexity index is 828. The summed E-state index contributed by atoms with van der Waals surface area (Å²) in [6, 6.07) is 10.0. The molecule has 0 saturated heterocycles. The lowest BCUT2D eigenvalue weighted by Crippen LogP contribution is -1.85. The largest absolute Gasteiger partial charge is 0.337 e. The van der Waals surface area contributed by atoms with Crippen LogP contribution in [-0.2, 0) is 0 Å². The number of H-pyrrole nitrogens is 1. The highest BCUT2D eigenvalue weighted by Crippen LogP contribution is 2.21. The fraction of sp³-hybridized carbons (Fsp3) is 0.118. The van der Waals surface area contributed by atoms with Crippen molar-refractivity contribution in [1.82, 2.24) is 15.0 Å². The standard InChI is InChI=1S/C17H14N4/c1-11-6-15-16(7-12(11)2)21-17(20-15)14(9-18)8-13-4-3-5-19-10-13/h3-8,10H,1-2H3,(H,20,21)/b14-8-. The molecule has 1 N–H and O–H groups in total. The molecule has 0 atom stereocenters. The van der Waals surface area contributed by atoms with E-state index >= 15 is 0 Å². The summed E-state index contributed by atoms with van der Waals surface area (Å²) >= 11 is 0. The van der Waals surface area contributed by atoms with Crippen molar-refractivity contribution in [2.75, 3.05) is 0 Å². The summed E-state index contributed by atoms with van der Waals surface area (Å²) in [7, 11) is 0. The molecule has 0 aliphatic rings. The van der Waals surface area contributed by atoms with Crippen molar-refractivity contribution in [3.8, 4) is 6.07 Å². The van der Waals surface area contributed by atoms with E-state index in [-0.39, 0.29) is 0 Å². The van der Waals surface area contributed by atoms with Gasteiger partial charge in [0.25, 0.3) is 0 Å². The molecule has 1 aromatic carbocycles. The van der Waals surface area contributed by atoms with E-state index in [2.05, 4.69) is 40.9 Å². The molecule has 2 heterocycles. The Kier molecular flexibility index (Phi) is 3.25. The van der Waals surface area contributed by atoms with Gasteiger partial charge >= 0.3 is 0 Å². The minimum absolute atomic E-state index is 0.495. The second-order valence-corrected chi connectivity index (χ2v) is 5.00. The van der Waals surface area contributed by atoms with Crippen molar-refractivity contribution in [3.63, 3.8) is 0 Å². The Labute approximate surface area is 122 Å². The lowest BCUT2D eigenvalue weighted by Gasteiger charge is -1.97. The summed E-state index contributed by atoms with van der Waals surface area (Å²) < 4.78 is 0. The van der Waals surface area contributed by atoms with Gasteiger partial charge in [0.1, 0.15) is 11.9 Å². The topological polar surface area (TPSA) is 65.4 Å². The lowest BCUT2D eigenvalue weighted by atomic mass is 10.1. The number of aromatic nitrogens is 3. The summed E-state index contributed by atoms with van der Waals surface area (Å²) in [6.07, 6.45) is 5.20. The summed E-state index contributed by atoms with van der Waals surface area (Å²) in [6.45, 7) is 4.12. The van der Waals surface area contributed by atoms with E-state index in [0.717, 1.165) is 16.6 Å². The smallest absolute Gasteiger partial charge is 0.149 e. The first-order valence-corrected chi connectivity index (χ1v) is 6.66. The first kappa shape index (κ1) is 13.1. The molecule has 0 amide bonds. The maximum absolute atomic E-state index is 9.38. The zero-order valence-electron chi connectivity index (χ0n) is 11.9. The molecular weight excluding hydrogens is 260 g/mol. The Morgan fingerprint density at radius 3 is 2.81 bits per heavy atom. The van der Waals surface area contributed by atoms with Crippen molar-refractivity contribution >= 4 is 22.7 Å². The fourth-order valence-electron chi connectivity index (χ4n) is 2.18. The molecule has 0 aliphatic heterocycles. The molecule has 2 aromatic heterocycles. The highest BCUT2D eigenvalue weighted by molar-refractivity contribution is 5.90. The summed E-state index contributed by atoms with van der Waals surface area (Å²) in [5.74, 6) is 0.585. The molecule has 0 saturated carbocycles. The summed E-state index contributed by atoms with van der Waals surface area (Å²) in [4.78, 5) is 11.8. The zero-order chi connectivity index (χ0) is 14.8. The van der Waals surface area contributed by atoms with Crippen LogP contribution in [0.5, 0.6) is 0 Å². The van der Waals surface area contributed by atoms with Gasteiger partial charge in [-0.3, -0.25) is 4.98 Å². The minimum Gasteiger partial charge on any atom is -0.337 e. The third kappa shape index (κ3) is 2.54. The number of benzene rings is 1. The van der Waals surface area contributed by atoms with Gasteiger partial charge in [-0.25, -0.2) is 4.98 Å². The molecule has 102 valence electrons. The van der Waals surface area contributed by atoms with Gasteiger partial charge in [-0.05, 0) is 54.8 Å². The van der Waals surface area contributed by atoms with Gasteiger partial charge in [0, 0.05) is 12.4 Å². The SMILES string of the molecule is Cc1cc2nc(/C(C#N)=C\c3cccnc3)[nH]c2cc1C.